The molecule has 0 radical (unpaired) electrons. The zero-order valence-electron chi connectivity index (χ0n) is 39.4. The molecule has 7 rings (SSSR count). The summed E-state index contributed by atoms with van der Waals surface area (Å²) in [6, 6.07) is 25.8. The number of carbonyl (C=O) groups excluding carboxylic acids is 2. The lowest BCUT2D eigenvalue weighted by Crippen LogP contribution is -2.35. The zero-order chi connectivity index (χ0) is 50.0. The van der Waals surface area contributed by atoms with E-state index in [-0.39, 0.29) is 42.9 Å². The van der Waals surface area contributed by atoms with Gasteiger partial charge in [0.25, 0.3) is 0 Å². The van der Waals surface area contributed by atoms with Crippen LogP contribution in [0, 0.1) is 11.8 Å². The van der Waals surface area contributed by atoms with Crippen LogP contribution >= 0.6 is 0 Å². The average molecular weight is 1010 g/mol. The quantitative estimate of drug-likeness (QED) is 0.0239. The number of allylic oxidation sites excluding steroid dienone is 6. The van der Waals surface area contributed by atoms with Gasteiger partial charge in [0.15, 0.2) is 12.3 Å². The highest BCUT2D eigenvalue weighted by atomic mass is 32.2. The number of fused-ring (bicyclic) bond motifs is 4. The van der Waals surface area contributed by atoms with Gasteiger partial charge in [-0.25, -0.2) is 4.21 Å². The summed E-state index contributed by atoms with van der Waals surface area (Å²) in [4.78, 5) is 30.6. The Morgan fingerprint density at radius 2 is 1.50 bits per heavy atom. The van der Waals surface area contributed by atoms with Gasteiger partial charge < -0.3 is 28.0 Å². The fraction of sp³-hybridized carbons (Fsp3) is 0.327. The third kappa shape index (κ3) is 12.5. The van der Waals surface area contributed by atoms with Crippen LogP contribution in [-0.4, -0.2) is 74.6 Å². The molecule has 4 aromatic carbocycles. The van der Waals surface area contributed by atoms with Gasteiger partial charge >= 0.3 is 22.7 Å². The van der Waals surface area contributed by atoms with Gasteiger partial charge in [0, 0.05) is 78.0 Å². The van der Waals surface area contributed by atoms with E-state index in [0.717, 1.165) is 69.1 Å². The fourth-order valence-electron chi connectivity index (χ4n) is 9.24. The SMILES string of the molecule is CC1(C)C(=CC=CC=CC2=[N+](CCCOS(=O)O)c3ccc(OS(=O)O)cc3C2(C)C)N(CCCCCC(=O)NCCC(=O)N2Cc3ccccc3C#Cc3ccccc32)c2ccc(OS(=O)[O-])cc21. The maximum absolute atomic E-state index is 13.6. The molecule has 70 heavy (non-hydrogen) atoms. The van der Waals surface area contributed by atoms with Crippen LogP contribution < -0.4 is 23.5 Å². The van der Waals surface area contributed by atoms with E-state index in [2.05, 4.69) is 40.5 Å². The molecule has 0 bridgehead atoms. The van der Waals surface area contributed by atoms with E-state index < -0.39 is 44.9 Å². The number of para-hydroxylation sites is 1. The molecular formula is C52H56N4O11S3. The Bertz CT molecular complexity index is 2900. The lowest BCUT2D eigenvalue weighted by atomic mass is 9.81. The second kappa shape index (κ2) is 23.3. The number of amides is 2. The summed E-state index contributed by atoms with van der Waals surface area (Å²) in [7, 11) is 0. The van der Waals surface area contributed by atoms with Crippen molar-refractivity contribution >= 4 is 68.7 Å². The lowest BCUT2D eigenvalue weighted by molar-refractivity contribution is -0.438. The van der Waals surface area contributed by atoms with Crippen molar-refractivity contribution in [3.05, 3.63) is 149 Å². The molecule has 18 heteroatoms. The summed E-state index contributed by atoms with van der Waals surface area (Å²) in [5.74, 6) is 6.67. The van der Waals surface area contributed by atoms with E-state index >= 15 is 0 Å². The second-order valence-electron chi connectivity index (χ2n) is 17.9. The van der Waals surface area contributed by atoms with E-state index in [1.807, 2.05) is 105 Å². The van der Waals surface area contributed by atoms with Gasteiger partial charge in [0.1, 0.15) is 22.9 Å². The molecule has 3 aliphatic heterocycles. The van der Waals surface area contributed by atoms with Crippen molar-refractivity contribution in [1.29, 1.82) is 0 Å². The first-order valence-corrected chi connectivity index (χ1v) is 25.9. The molecule has 0 aliphatic carbocycles. The van der Waals surface area contributed by atoms with Crippen LogP contribution in [0.2, 0.25) is 0 Å². The van der Waals surface area contributed by atoms with Crippen LogP contribution in [0.25, 0.3) is 0 Å². The average Bonchev–Trinajstić information content (AvgIpc) is 3.64. The minimum absolute atomic E-state index is 0.0589. The Balaban J connectivity index is 0.993. The van der Waals surface area contributed by atoms with E-state index in [1.54, 1.807) is 29.2 Å². The van der Waals surface area contributed by atoms with Gasteiger partial charge in [-0.05, 0) is 92.4 Å². The number of carbonyl (C=O) groups is 2. The molecule has 0 spiro atoms. The van der Waals surface area contributed by atoms with Crippen LogP contribution in [0.4, 0.5) is 17.1 Å². The van der Waals surface area contributed by atoms with Crippen LogP contribution in [0.15, 0.2) is 121 Å². The molecule has 0 fully saturated rings. The predicted molar refractivity (Wildman–Crippen MR) is 271 cm³/mol. The van der Waals surface area contributed by atoms with Gasteiger partial charge in [-0.15, -0.1) is 0 Å². The molecule has 2 amide bonds. The Morgan fingerprint density at radius 3 is 2.27 bits per heavy atom. The van der Waals surface area contributed by atoms with E-state index in [4.69, 9.17) is 17.1 Å². The van der Waals surface area contributed by atoms with Crippen LogP contribution in [-0.2, 0) is 65.2 Å². The number of nitrogens with one attached hydrogen (secondary N) is 1. The number of hydrogen-bond acceptors (Lipinski definition) is 10. The molecule has 4 aromatic rings. The van der Waals surface area contributed by atoms with Gasteiger partial charge in [0.05, 0.1) is 24.3 Å². The molecule has 3 unspecified atom stereocenters. The third-order valence-corrected chi connectivity index (χ3v) is 13.7. The van der Waals surface area contributed by atoms with Crippen molar-refractivity contribution in [2.45, 2.75) is 83.6 Å². The summed E-state index contributed by atoms with van der Waals surface area (Å²) in [6.07, 6.45) is 12.9. The standard InChI is InChI=1S/C52H56N4O11S3/c1-51(2)42-34-40(66-69(61)62)25-27-45(42)54(31-14-6-9-22-49(57)53-30-29-50(58)56-36-39-18-11-10-16-37(39)23-24-38-17-12-13-19-44(38)56)47(51)20-7-5-8-21-48-52(3,4)43-35-41(67-70(63)64)26-28-46(43)55(48)32-15-33-65-68(59)60/h5,7-8,10-13,16-21,25-28,34-35H,6,9,14-15,22,29-33,36H2,1-4H3,(H3-,53,57,59,60,61,62,63,64). The van der Waals surface area contributed by atoms with E-state index in [0.29, 0.717) is 38.9 Å². The molecule has 3 atom stereocenters. The first-order chi connectivity index (χ1) is 33.5. The molecule has 3 aliphatic rings. The van der Waals surface area contributed by atoms with E-state index in [1.165, 1.54) is 0 Å². The molecule has 3 heterocycles. The summed E-state index contributed by atoms with van der Waals surface area (Å²) in [5, 5.41) is 2.94. The van der Waals surface area contributed by atoms with Crippen molar-refractivity contribution in [1.82, 2.24) is 5.32 Å². The van der Waals surface area contributed by atoms with Crippen molar-refractivity contribution in [2.75, 3.05) is 36.0 Å². The molecule has 15 nitrogen and oxygen atoms in total. The minimum Gasteiger partial charge on any atom is -0.740 e. The summed E-state index contributed by atoms with van der Waals surface area (Å²) < 4.78 is 81.1. The van der Waals surface area contributed by atoms with Gasteiger partial charge in [-0.3, -0.25) is 22.9 Å². The molecule has 3 N–H and O–H groups in total. The maximum Gasteiger partial charge on any atom is 0.357 e. The molecule has 0 aromatic heterocycles. The number of unbranched alkanes of at least 4 members (excludes halogenated alkanes) is 2. The summed E-state index contributed by atoms with van der Waals surface area (Å²) >= 11 is -7.62. The monoisotopic (exact) mass is 1010 g/mol. The van der Waals surface area contributed by atoms with Gasteiger partial charge in [-0.1, -0.05) is 80.7 Å². The summed E-state index contributed by atoms with van der Waals surface area (Å²) in [5.41, 5.74) is 7.72. The van der Waals surface area contributed by atoms with Crippen LogP contribution in [0.1, 0.15) is 94.0 Å². The first kappa shape index (κ1) is 51.8. The minimum atomic E-state index is -2.74. The fourth-order valence-corrected chi connectivity index (χ4v) is 10.0. The van der Waals surface area contributed by atoms with Crippen LogP contribution in [0.3, 0.4) is 0 Å². The number of rotatable bonds is 21. The van der Waals surface area contributed by atoms with Crippen LogP contribution in [0.5, 0.6) is 11.5 Å². The van der Waals surface area contributed by atoms with Crippen molar-refractivity contribution in [2.24, 2.45) is 0 Å². The highest BCUT2D eigenvalue weighted by molar-refractivity contribution is 7.74. The molecular weight excluding hydrogens is 953 g/mol. The maximum atomic E-state index is 13.6. The van der Waals surface area contributed by atoms with Gasteiger partial charge in [0.2, 0.25) is 17.5 Å². The Morgan fingerprint density at radius 1 is 0.786 bits per heavy atom. The largest absolute Gasteiger partial charge is 0.740 e. The second-order valence-corrected chi connectivity index (χ2v) is 19.7. The highest BCUT2D eigenvalue weighted by Gasteiger charge is 2.45. The number of hydrogen-bond donors (Lipinski definition) is 3. The van der Waals surface area contributed by atoms with Crippen molar-refractivity contribution in [3.63, 3.8) is 0 Å². The Kier molecular flexibility index (Phi) is 17.2. The third-order valence-electron chi connectivity index (χ3n) is 12.6. The number of nitrogens with zero attached hydrogens (tertiary/aromatic N) is 3. The highest BCUT2D eigenvalue weighted by Crippen LogP contribution is 2.49. The lowest BCUT2D eigenvalue weighted by Gasteiger charge is -2.27. The number of benzene rings is 4. The Labute approximate surface area is 416 Å². The first-order valence-electron chi connectivity index (χ1n) is 22.9. The molecule has 0 saturated carbocycles. The normalized spacial score (nSPS) is 17.2. The zero-order valence-corrected chi connectivity index (χ0v) is 41.8. The van der Waals surface area contributed by atoms with Crippen molar-refractivity contribution in [3.8, 4) is 23.3 Å². The van der Waals surface area contributed by atoms with Crippen molar-refractivity contribution < 1.29 is 53.0 Å². The number of anilines is 2. The Hall–Kier alpha value is -6.04. The topological polar surface area (TPSA) is 198 Å². The van der Waals surface area contributed by atoms with Gasteiger partial charge in [-0.2, -0.15) is 13.0 Å². The smallest absolute Gasteiger partial charge is 0.357 e. The predicted octanol–water partition coefficient (Wildman–Crippen LogP) is 8.10. The molecule has 0 saturated heterocycles. The van der Waals surface area contributed by atoms with E-state index in [9.17, 15) is 31.3 Å². The summed E-state index contributed by atoms with van der Waals surface area (Å²) in [6.45, 7) is 9.97. The molecule has 368 valence electrons.